The molecule has 0 saturated heterocycles. The van der Waals surface area contributed by atoms with Crippen molar-refractivity contribution in [2.24, 2.45) is 0 Å². The Labute approximate surface area is 110 Å². The number of ketones is 1. The van der Waals surface area contributed by atoms with Crippen LogP contribution in [0.3, 0.4) is 0 Å². The molecule has 0 spiro atoms. The fraction of sp³-hybridized carbons (Fsp3) is 0.357. The van der Waals surface area contributed by atoms with E-state index in [4.69, 9.17) is 0 Å². The highest BCUT2D eigenvalue weighted by atomic mass is 16.3. The number of nitrogens with zero attached hydrogens (tertiary/aromatic N) is 3. The monoisotopic (exact) mass is 257 g/mol. The molecule has 0 aliphatic heterocycles. The van der Waals surface area contributed by atoms with Gasteiger partial charge in [0.15, 0.2) is 0 Å². The molecule has 0 amide bonds. The lowest BCUT2D eigenvalue weighted by molar-refractivity contribution is 0.0345. The third-order valence-corrected chi connectivity index (χ3v) is 3.64. The molecule has 1 fully saturated rings. The lowest BCUT2D eigenvalue weighted by atomic mass is 9.94. The second-order valence-corrected chi connectivity index (χ2v) is 4.93. The fourth-order valence-corrected chi connectivity index (χ4v) is 2.58. The first kappa shape index (κ1) is 12.0. The van der Waals surface area contributed by atoms with Crippen LogP contribution in [0, 0.1) is 0 Å². The minimum absolute atomic E-state index is 0.279. The number of para-hydroxylation sites is 1. The summed E-state index contributed by atoms with van der Waals surface area (Å²) in [5, 5.41) is 18.1. The van der Waals surface area contributed by atoms with Crippen molar-refractivity contribution in [3.63, 3.8) is 0 Å². The summed E-state index contributed by atoms with van der Waals surface area (Å²) in [5.74, 6) is -0.279. The van der Waals surface area contributed by atoms with Crippen LogP contribution in [0.1, 0.15) is 36.2 Å². The van der Waals surface area contributed by atoms with Crippen molar-refractivity contribution in [1.29, 1.82) is 0 Å². The summed E-state index contributed by atoms with van der Waals surface area (Å²) in [5.41, 5.74) is -0.130. The Hall–Kier alpha value is -2.01. The summed E-state index contributed by atoms with van der Waals surface area (Å²) in [6, 6.07) is 9.34. The molecule has 19 heavy (non-hydrogen) atoms. The molecule has 1 aliphatic rings. The zero-order valence-electron chi connectivity index (χ0n) is 10.5. The van der Waals surface area contributed by atoms with E-state index in [2.05, 4.69) is 10.3 Å². The van der Waals surface area contributed by atoms with E-state index in [1.165, 1.54) is 10.9 Å². The number of aromatic nitrogens is 3. The molecule has 0 unspecified atom stereocenters. The van der Waals surface area contributed by atoms with Crippen LogP contribution in [0.15, 0.2) is 36.5 Å². The van der Waals surface area contributed by atoms with Crippen LogP contribution in [-0.4, -0.2) is 31.5 Å². The summed E-state index contributed by atoms with van der Waals surface area (Å²) in [4.78, 5) is 12.5. The van der Waals surface area contributed by atoms with Gasteiger partial charge in [0.25, 0.3) is 0 Å². The Morgan fingerprint density at radius 3 is 2.58 bits per heavy atom. The predicted octanol–water partition coefficient (Wildman–Crippen LogP) is 1.76. The maximum absolute atomic E-state index is 12.5. The number of rotatable bonds is 3. The molecule has 1 aliphatic carbocycles. The minimum atomic E-state index is -1.24. The van der Waals surface area contributed by atoms with Crippen molar-refractivity contribution in [2.75, 3.05) is 0 Å². The van der Waals surface area contributed by atoms with Gasteiger partial charge in [-0.2, -0.15) is 0 Å². The van der Waals surface area contributed by atoms with Crippen LogP contribution in [0.2, 0.25) is 0 Å². The Balaban J connectivity index is 1.99. The van der Waals surface area contributed by atoms with E-state index >= 15 is 0 Å². The second-order valence-electron chi connectivity index (χ2n) is 4.93. The van der Waals surface area contributed by atoms with E-state index in [0.29, 0.717) is 18.5 Å². The highest BCUT2D eigenvalue weighted by Crippen LogP contribution is 2.32. The first-order valence-electron chi connectivity index (χ1n) is 6.44. The van der Waals surface area contributed by atoms with Crippen LogP contribution < -0.4 is 0 Å². The third kappa shape index (κ3) is 2.06. The minimum Gasteiger partial charge on any atom is -0.382 e. The fourth-order valence-electron chi connectivity index (χ4n) is 2.58. The molecule has 98 valence electrons. The van der Waals surface area contributed by atoms with Crippen LogP contribution in [0.5, 0.6) is 0 Å². The molecular weight excluding hydrogens is 242 g/mol. The lowest BCUT2D eigenvalue weighted by Crippen LogP contribution is -2.36. The van der Waals surface area contributed by atoms with Gasteiger partial charge >= 0.3 is 0 Å². The Morgan fingerprint density at radius 1 is 1.21 bits per heavy atom. The van der Waals surface area contributed by atoms with Crippen LogP contribution >= 0.6 is 0 Å². The van der Waals surface area contributed by atoms with Crippen molar-refractivity contribution in [2.45, 2.75) is 31.3 Å². The number of Topliss-reactive ketones (excluding diaryl/α,β-unsaturated/α-hetero) is 1. The van der Waals surface area contributed by atoms with Gasteiger partial charge in [0, 0.05) is 0 Å². The average Bonchev–Trinajstić information content (AvgIpc) is 3.08. The number of carbonyl (C=O) groups excluding carboxylic acids is 1. The standard InChI is InChI=1S/C14H15N3O2/c18-13(14(19)8-4-5-9-14)12-10-15-16-17(12)11-6-2-1-3-7-11/h1-3,6-7,10,19H,4-5,8-9H2. The Kier molecular flexibility index (Phi) is 2.91. The number of benzene rings is 1. The van der Waals surface area contributed by atoms with E-state index in [9.17, 15) is 9.90 Å². The van der Waals surface area contributed by atoms with E-state index in [1.807, 2.05) is 30.3 Å². The van der Waals surface area contributed by atoms with Crippen molar-refractivity contribution in [3.05, 3.63) is 42.2 Å². The van der Waals surface area contributed by atoms with E-state index in [-0.39, 0.29) is 5.78 Å². The van der Waals surface area contributed by atoms with Crippen LogP contribution in [0.25, 0.3) is 5.69 Å². The summed E-state index contributed by atoms with van der Waals surface area (Å²) in [6.07, 6.45) is 4.23. The van der Waals surface area contributed by atoms with Gasteiger partial charge in [-0.05, 0) is 37.8 Å². The maximum atomic E-state index is 12.5. The van der Waals surface area contributed by atoms with Gasteiger partial charge in [-0.25, -0.2) is 4.68 Å². The second kappa shape index (κ2) is 4.59. The van der Waals surface area contributed by atoms with Crippen molar-refractivity contribution < 1.29 is 9.90 Å². The van der Waals surface area contributed by atoms with Crippen molar-refractivity contribution in [1.82, 2.24) is 15.0 Å². The van der Waals surface area contributed by atoms with Gasteiger partial charge in [-0.15, -0.1) is 5.10 Å². The number of carbonyl (C=O) groups is 1. The van der Waals surface area contributed by atoms with Crippen LogP contribution in [-0.2, 0) is 0 Å². The molecule has 0 bridgehead atoms. The quantitative estimate of drug-likeness (QED) is 0.851. The van der Waals surface area contributed by atoms with E-state index in [1.54, 1.807) is 0 Å². The van der Waals surface area contributed by atoms with Gasteiger partial charge in [-0.1, -0.05) is 23.4 Å². The smallest absolute Gasteiger partial charge is 0.214 e. The van der Waals surface area contributed by atoms with E-state index in [0.717, 1.165) is 18.5 Å². The highest BCUT2D eigenvalue weighted by molar-refractivity contribution is 6.01. The van der Waals surface area contributed by atoms with Crippen molar-refractivity contribution in [3.8, 4) is 5.69 Å². The van der Waals surface area contributed by atoms with Gasteiger partial charge in [0.1, 0.15) is 11.3 Å². The summed E-state index contributed by atoms with van der Waals surface area (Å²) in [7, 11) is 0. The Bertz CT molecular complexity index is 586. The summed E-state index contributed by atoms with van der Waals surface area (Å²) < 4.78 is 1.48. The topological polar surface area (TPSA) is 68.0 Å². The zero-order chi connectivity index (χ0) is 13.3. The molecule has 1 N–H and O–H groups in total. The molecule has 3 rings (SSSR count). The van der Waals surface area contributed by atoms with Gasteiger partial charge in [-0.3, -0.25) is 4.79 Å². The van der Waals surface area contributed by atoms with Gasteiger partial charge < -0.3 is 5.11 Å². The third-order valence-electron chi connectivity index (χ3n) is 3.64. The summed E-state index contributed by atoms with van der Waals surface area (Å²) in [6.45, 7) is 0. The normalized spacial score (nSPS) is 17.5. The predicted molar refractivity (Wildman–Crippen MR) is 69.1 cm³/mol. The average molecular weight is 257 g/mol. The largest absolute Gasteiger partial charge is 0.382 e. The van der Waals surface area contributed by atoms with Crippen molar-refractivity contribution >= 4 is 5.78 Å². The first-order valence-corrected chi connectivity index (χ1v) is 6.44. The maximum Gasteiger partial charge on any atom is 0.214 e. The molecule has 5 nitrogen and oxygen atoms in total. The first-order chi connectivity index (χ1) is 9.21. The molecule has 1 heterocycles. The molecule has 5 heteroatoms. The summed E-state index contributed by atoms with van der Waals surface area (Å²) >= 11 is 0. The number of hydrogen-bond donors (Lipinski definition) is 1. The molecular formula is C14H15N3O2. The molecule has 2 aromatic rings. The zero-order valence-corrected chi connectivity index (χ0v) is 10.5. The SMILES string of the molecule is O=C(c1cnnn1-c1ccccc1)C1(O)CCCC1. The molecule has 0 atom stereocenters. The number of aliphatic hydroxyl groups is 1. The molecule has 1 aromatic carbocycles. The highest BCUT2D eigenvalue weighted by Gasteiger charge is 2.41. The van der Waals surface area contributed by atoms with Crippen LogP contribution in [0.4, 0.5) is 0 Å². The van der Waals surface area contributed by atoms with Gasteiger partial charge in [0.2, 0.25) is 5.78 Å². The van der Waals surface area contributed by atoms with Gasteiger partial charge in [0.05, 0.1) is 11.9 Å². The molecule has 1 saturated carbocycles. The number of hydrogen-bond acceptors (Lipinski definition) is 4. The van der Waals surface area contributed by atoms with E-state index < -0.39 is 5.60 Å². The Morgan fingerprint density at radius 2 is 1.89 bits per heavy atom. The molecule has 1 aromatic heterocycles. The lowest BCUT2D eigenvalue weighted by Gasteiger charge is -2.20. The molecule has 0 radical (unpaired) electrons.